The molecule has 3 heteroatoms. The van der Waals surface area contributed by atoms with Crippen LogP contribution in [-0.4, -0.2) is 34.6 Å². The number of hydrogen-bond donors (Lipinski definition) is 1. The van der Waals surface area contributed by atoms with Gasteiger partial charge < -0.3 is 10.0 Å². The highest BCUT2D eigenvalue weighted by Gasteiger charge is 2.50. The van der Waals surface area contributed by atoms with Gasteiger partial charge in [-0.25, -0.2) is 0 Å². The summed E-state index contributed by atoms with van der Waals surface area (Å²) in [5, 5.41) is 9.70. The maximum absolute atomic E-state index is 12.4. The Hall–Kier alpha value is -1.35. The van der Waals surface area contributed by atoms with Crippen LogP contribution in [0.1, 0.15) is 41.6 Å². The average molecular weight is 231 g/mol. The molecule has 2 heterocycles. The lowest BCUT2D eigenvalue weighted by Crippen LogP contribution is -2.54. The molecule has 0 aromatic heterocycles. The van der Waals surface area contributed by atoms with Gasteiger partial charge in [0.15, 0.2) is 0 Å². The predicted octanol–water partition coefficient (Wildman–Crippen LogP) is 1.77. The second-order valence-electron chi connectivity index (χ2n) is 5.24. The number of amides is 1. The number of carbonyl (C=O) groups excluding carboxylic acids is 1. The van der Waals surface area contributed by atoms with Crippen molar-refractivity contribution in [2.45, 2.75) is 31.2 Å². The molecular formula is C14H17NO2. The van der Waals surface area contributed by atoms with Crippen LogP contribution in [0.25, 0.3) is 0 Å². The van der Waals surface area contributed by atoms with Gasteiger partial charge in [-0.3, -0.25) is 4.79 Å². The van der Waals surface area contributed by atoms with Gasteiger partial charge in [0.25, 0.3) is 5.91 Å². The molecule has 90 valence electrons. The smallest absolute Gasteiger partial charge is 0.254 e. The Kier molecular flexibility index (Phi) is 2.26. The van der Waals surface area contributed by atoms with Gasteiger partial charge in [0.2, 0.25) is 0 Å². The molecule has 17 heavy (non-hydrogen) atoms. The summed E-state index contributed by atoms with van der Waals surface area (Å²) in [5.74, 6) is 0.184. The quantitative estimate of drug-likeness (QED) is 0.800. The highest BCUT2D eigenvalue weighted by atomic mass is 16.3. The minimum Gasteiger partial charge on any atom is -0.396 e. The van der Waals surface area contributed by atoms with Gasteiger partial charge in [0, 0.05) is 23.6 Å². The zero-order valence-electron chi connectivity index (χ0n) is 10.0. The number of aliphatic hydroxyl groups is 1. The summed E-state index contributed by atoms with van der Waals surface area (Å²) in [5.41, 5.74) is 1.59. The normalized spacial score (nSPS) is 31.3. The SMILES string of the molecule is C[C@]12CCCN1C(=O)c1ccccc1[C@H]2CO. The highest BCUT2D eigenvalue weighted by Crippen LogP contribution is 2.46. The molecule has 0 unspecified atom stereocenters. The zero-order valence-corrected chi connectivity index (χ0v) is 10.0. The Labute approximate surface area is 101 Å². The Morgan fingerprint density at radius 2 is 2.24 bits per heavy atom. The molecular weight excluding hydrogens is 214 g/mol. The lowest BCUT2D eigenvalue weighted by molar-refractivity contribution is 0.0447. The number of rotatable bonds is 1. The molecule has 0 bridgehead atoms. The first-order valence-corrected chi connectivity index (χ1v) is 6.20. The van der Waals surface area contributed by atoms with Crippen molar-refractivity contribution in [3.8, 4) is 0 Å². The molecule has 1 amide bonds. The van der Waals surface area contributed by atoms with Crippen LogP contribution in [0.3, 0.4) is 0 Å². The number of benzene rings is 1. The third-order valence-corrected chi connectivity index (χ3v) is 4.43. The fourth-order valence-electron chi connectivity index (χ4n) is 3.45. The maximum atomic E-state index is 12.4. The molecule has 1 aromatic carbocycles. The summed E-state index contributed by atoms with van der Waals surface area (Å²) in [6.07, 6.45) is 2.02. The van der Waals surface area contributed by atoms with Gasteiger partial charge in [0.05, 0.1) is 6.61 Å². The van der Waals surface area contributed by atoms with E-state index in [1.54, 1.807) is 0 Å². The van der Waals surface area contributed by atoms with Gasteiger partial charge in [-0.05, 0) is 31.4 Å². The van der Waals surface area contributed by atoms with Crippen molar-refractivity contribution in [2.24, 2.45) is 0 Å². The van der Waals surface area contributed by atoms with Gasteiger partial charge >= 0.3 is 0 Å². The molecule has 1 N–H and O–H groups in total. The van der Waals surface area contributed by atoms with E-state index in [1.165, 1.54) is 0 Å². The zero-order chi connectivity index (χ0) is 12.0. The Morgan fingerprint density at radius 1 is 1.47 bits per heavy atom. The largest absolute Gasteiger partial charge is 0.396 e. The molecule has 1 aromatic rings. The first kappa shape index (κ1) is 10.8. The van der Waals surface area contributed by atoms with E-state index in [0.717, 1.165) is 30.5 Å². The van der Waals surface area contributed by atoms with Crippen molar-refractivity contribution in [1.82, 2.24) is 4.90 Å². The molecule has 1 fully saturated rings. The van der Waals surface area contributed by atoms with E-state index in [0.29, 0.717) is 0 Å². The van der Waals surface area contributed by atoms with E-state index in [9.17, 15) is 9.90 Å². The maximum Gasteiger partial charge on any atom is 0.254 e. The van der Waals surface area contributed by atoms with E-state index in [4.69, 9.17) is 0 Å². The van der Waals surface area contributed by atoms with Gasteiger partial charge in [-0.1, -0.05) is 18.2 Å². The summed E-state index contributed by atoms with van der Waals surface area (Å²) in [6.45, 7) is 3.03. The van der Waals surface area contributed by atoms with Crippen molar-refractivity contribution in [1.29, 1.82) is 0 Å². The number of aliphatic hydroxyl groups excluding tert-OH is 1. The van der Waals surface area contributed by atoms with Crippen LogP contribution < -0.4 is 0 Å². The van der Waals surface area contributed by atoms with E-state index >= 15 is 0 Å². The highest BCUT2D eigenvalue weighted by molar-refractivity contribution is 5.98. The van der Waals surface area contributed by atoms with Crippen LogP contribution in [0.15, 0.2) is 24.3 Å². The summed E-state index contributed by atoms with van der Waals surface area (Å²) >= 11 is 0. The number of carbonyl (C=O) groups is 1. The molecule has 2 aliphatic rings. The molecule has 3 rings (SSSR count). The fraction of sp³-hybridized carbons (Fsp3) is 0.500. The van der Waals surface area contributed by atoms with Gasteiger partial charge in [0.1, 0.15) is 0 Å². The third-order valence-electron chi connectivity index (χ3n) is 4.43. The first-order chi connectivity index (χ1) is 8.18. The van der Waals surface area contributed by atoms with Crippen molar-refractivity contribution in [3.05, 3.63) is 35.4 Å². The van der Waals surface area contributed by atoms with Gasteiger partial charge in [-0.2, -0.15) is 0 Å². The monoisotopic (exact) mass is 231 g/mol. The number of nitrogens with zero attached hydrogens (tertiary/aromatic N) is 1. The molecule has 2 aliphatic heterocycles. The van der Waals surface area contributed by atoms with Crippen LogP contribution in [0, 0.1) is 0 Å². The molecule has 0 radical (unpaired) electrons. The minimum atomic E-state index is -0.194. The number of fused-ring (bicyclic) bond motifs is 2. The second kappa shape index (κ2) is 3.57. The summed E-state index contributed by atoms with van der Waals surface area (Å²) in [4.78, 5) is 14.4. The van der Waals surface area contributed by atoms with Gasteiger partial charge in [-0.15, -0.1) is 0 Å². The van der Waals surface area contributed by atoms with Crippen molar-refractivity contribution in [2.75, 3.05) is 13.2 Å². The third kappa shape index (κ3) is 1.29. The van der Waals surface area contributed by atoms with Crippen molar-refractivity contribution >= 4 is 5.91 Å². The van der Waals surface area contributed by atoms with Crippen LogP contribution >= 0.6 is 0 Å². The number of hydrogen-bond acceptors (Lipinski definition) is 2. The standard InChI is InChI=1S/C14H17NO2/c1-14-7-4-8-15(14)13(17)11-6-3-2-5-10(11)12(14)9-16/h2-3,5-6,12,16H,4,7-9H2,1H3/t12-,14-/m1/s1. The minimum absolute atomic E-state index is 0.0545. The lowest BCUT2D eigenvalue weighted by Gasteiger charge is -2.46. The first-order valence-electron chi connectivity index (χ1n) is 6.20. The van der Waals surface area contributed by atoms with Crippen molar-refractivity contribution < 1.29 is 9.90 Å². The summed E-state index contributed by atoms with van der Waals surface area (Å²) in [6, 6.07) is 7.69. The molecule has 1 saturated heterocycles. The van der Waals surface area contributed by atoms with Crippen molar-refractivity contribution in [3.63, 3.8) is 0 Å². The topological polar surface area (TPSA) is 40.5 Å². The molecule has 2 atom stereocenters. The fourth-order valence-corrected chi connectivity index (χ4v) is 3.45. The average Bonchev–Trinajstić information content (AvgIpc) is 2.73. The predicted molar refractivity (Wildman–Crippen MR) is 64.9 cm³/mol. The van der Waals surface area contributed by atoms with Crippen LogP contribution in [0.5, 0.6) is 0 Å². The van der Waals surface area contributed by atoms with E-state index < -0.39 is 0 Å². The van der Waals surface area contributed by atoms with Crippen LogP contribution in [-0.2, 0) is 0 Å². The molecule has 0 aliphatic carbocycles. The summed E-state index contributed by atoms with van der Waals surface area (Å²) in [7, 11) is 0. The molecule has 0 spiro atoms. The Balaban J connectivity index is 2.20. The lowest BCUT2D eigenvalue weighted by atomic mass is 9.74. The van der Waals surface area contributed by atoms with E-state index in [2.05, 4.69) is 6.92 Å². The molecule has 0 saturated carbocycles. The van der Waals surface area contributed by atoms with Crippen LogP contribution in [0.4, 0.5) is 0 Å². The Bertz CT molecular complexity index is 471. The van der Waals surface area contributed by atoms with E-state index in [-0.39, 0.29) is 24.0 Å². The second-order valence-corrected chi connectivity index (χ2v) is 5.24. The molecule has 3 nitrogen and oxygen atoms in total. The summed E-state index contributed by atoms with van der Waals surface area (Å²) < 4.78 is 0. The Morgan fingerprint density at radius 3 is 3.00 bits per heavy atom. The van der Waals surface area contributed by atoms with E-state index in [1.807, 2.05) is 29.2 Å². The van der Waals surface area contributed by atoms with Crippen LogP contribution in [0.2, 0.25) is 0 Å².